The smallest absolute Gasteiger partial charge is 0.251 e. The van der Waals surface area contributed by atoms with Crippen LogP contribution in [0, 0.1) is 5.82 Å². The third-order valence-corrected chi connectivity index (χ3v) is 4.27. The average Bonchev–Trinajstić information content (AvgIpc) is 2.92. The highest BCUT2D eigenvalue weighted by Crippen LogP contribution is 2.25. The molecule has 0 radical (unpaired) electrons. The van der Waals surface area contributed by atoms with Crippen molar-refractivity contribution < 1.29 is 18.7 Å². The molecular weight excluding hydrogens is 335 g/mol. The molecule has 0 saturated carbocycles. The van der Waals surface area contributed by atoms with Crippen LogP contribution in [0.15, 0.2) is 48.5 Å². The molecular formula is C20H21FN2O3. The molecule has 1 aliphatic heterocycles. The van der Waals surface area contributed by atoms with Gasteiger partial charge in [0.1, 0.15) is 11.6 Å². The number of hydrogen-bond donors (Lipinski definition) is 1. The fourth-order valence-corrected chi connectivity index (χ4v) is 2.96. The van der Waals surface area contributed by atoms with Crippen molar-refractivity contribution >= 4 is 17.5 Å². The fourth-order valence-electron chi connectivity index (χ4n) is 2.96. The van der Waals surface area contributed by atoms with E-state index in [1.807, 2.05) is 6.92 Å². The number of ether oxygens (including phenoxy) is 1. The van der Waals surface area contributed by atoms with Crippen LogP contribution in [-0.2, 0) is 16.0 Å². The Kier molecular flexibility index (Phi) is 5.63. The van der Waals surface area contributed by atoms with E-state index in [4.69, 9.17) is 4.74 Å². The minimum atomic E-state index is -0.533. The zero-order valence-corrected chi connectivity index (χ0v) is 14.6. The lowest BCUT2D eigenvalue weighted by molar-refractivity contribution is -0.121. The number of imide groups is 1. The van der Waals surface area contributed by atoms with Crippen LogP contribution in [-0.4, -0.2) is 31.0 Å². The number of halogens is 1. The Morgan fingerprint density at radius 1 is 1.12 bits per heavy atom. The van der Waals surface area contributed by atoms with E-state index in [9.17, 15) is 14.0 Å². The van der Waals surface area contributed by atoms with Crippen molar-refractivity contribution in [3.05, 3.63) is 59.9 Å². The first kappa shape index (κ1) is 18.1. The summed E-state index contributed by atoms with van der Waals surface area (Å²) < 4.78 is 18.3. The van der Waals surface area contributed by atoms with Gasteiger partial charge in [-0.05, 0) is 61.9 Å². The molecule has 136 valence electrons. The van der Waals surface area contributed by atoms with Gasteiger partial charge < -0.3 is 10.1 Å². The summed E-state index contributed by atoms with van der Waals surface area (Å²) in [6, 6.07) is 12.6. The number of anilines is 1. The molecule has 0 aliphatic carbocycles. The molecule has 2 aromatic carbocycles. The van der Waals surface area contributed by atoms with E-state index in [0.29, 0.717) is 31.0 Å². The molecule has 1 N–H and O–H groups in total. The van der Waals surface area contributed by atoms with E-state index >= 15 is 0 Å². The Bertz CT molecular complexity index is 775. The van der Waals surface area contributed by atoms with Gasteiger partial charge in [0.2, 0.25) is 5.91 Å². The maximum atomic E-state index is 12.9. The first-order valence-corrected chi connectivity index (χ1v) is 8.66. The summed E-state index contributed by atoms with van der Waals surface area (Å²) in [5.74, 6) is -0.0506. The van der Waals surface area contributed by atoms with Gasteiger partial charge in [0.15, 0.2) is 0 Å². The molecule has 1 heterocycles. The van der Waals surface area contributed by atoms with Crippen LogP contribution in [0.5, 0.6) is 5.75 Å². The van der Waals surface area contributed by atoms with Gasteiger partial charge >= 0.3 is 0 Å². The van der Waals surface area contributed by atoms with Crippen LogP contribution in [0.1, 0.15) is 18.9 Å². The van der Waals surface area contributed by atoms with E-state index in [1.54, 1.807) is 36.4 Å². The van der Waals surface area contributed by atoms with Crippen molar-refractivity contribution in [2.24, 2.45) is 0 Å². The monoisotopic (exact) mass is 356 g/mol. The Hall–Kier alpha value is -2.73. The first-order valence-electron chi connectivity index (χ1n) is 8.66. The SMILES string of the molecule is CCOc1ccc(N2C(=O)C[C@H](NCCc3ccc(F)cc3)C2=O)cc1. The van der Waals surface area contributed by atoms with Crippen molar-refractivity contribution in [2.45, 2.75) is 25.8 Å². The van der Waals surface area contributed by atoms with Crippen LogP contribution in [0.2, 0.25) is 0 Å². The summed E-state index contributed by atoms with van der Waals surface area (Å²) in [5, 5.41) is 3.13. The van der Waals surface area contributed by atoms with Gasteiger partial charge in [0.25, 0.3) is 5.91 Å². The summed E-state index contributed by atoms with van der Waals surface area (Å²) in [7, 11) is 0. The summed E-state index contributed by atoms with van der Waals surface area (Å²) in [4.78, 5) is 26.1. The van der Waals surface area contributed by atoms with Gasteiger partial charge in [-0.2, -0.15) is 0 Å². The second-order valence-corrected chi connectivity index (χ2v) is 6.08. The fraction of sp³-hybridized carbons (Fsp3) is 0.300. The third kappa shape index (κ3) is 4.08. The highest BCUT2D eigenvalue weighted by atomic mass is 19.1. The summed E-state index contributed by atoms with van der Waals surface area (Å²) in [6.07, 6.45) is 0.788. The molecule has 26 heavy (non-hydrogen) atoms. The van der Waals surface area contributed by atoms with Crippen molar-refractivity contribution in [2.75, 3.05) is 18.1 Å². The molecule has 1 saturated heterocycles. The van der Waals surface area contributed by atoms with Crippen molar-refractivity contribution in [1.29, 1.82) is 0 Å². The van der Waals surface area contributed by atoms with Crippen molar-refractivity contribution in [3.8, 4) is 5.75 Å². The maximum Gasteiger partial charge on any atom is 0.251 e. The molecule has 0 unspecified atom stereocenters. The maximum absolute atomic E-state index is 12.9. The van der Waals surface area contributed by atoms with Crippen LogP contribution >= 0.6 is 0 Å². The zero-order valence-electron chi connectivity index (χ0n) is 14.6. The van der Waals surface area contributed by atoms with Crippen LogP contribution < -0.4 is 15.0 Å². The van der Waals surface area contributed by atoms with Crippen molar-refractivity contribution in [3.63, 3.8) is 0 Å². The van der Waals surface area contributed by atoms with Gasteiger partial charge in [-0.15, -0.1) is 0 Å². The molecule has 1 atom stereocenters. The highest BCUT2D eigenvalue weighted by Gasteiger charge is 2.39. The molecule has 0 aromatic heterocycles. The lowest BCUT2D eigenvalue weighted by Gasteiger charge is -2.16. The Labute approximate surface area is 151 Å². The second kappa shape index (κ2) is 8.10. The molecule has 5 nitrogen and oxygen atoms in total. The standard InChI is InChI=1S/C20H21FN2O3/c1-2-26-17-9-7-16(8-10-17)23-19(24)13-18(20(23)25)22-12-11-14-3-5-15(21)6-4-14/h3-10,18,22H,2,11-13H2,1H3/t18-/m0/s1. The Morgan fingerprint density at radius 3 is 2.46 bits per heavy atom. The van der Waals surface area contributed by atoms with E-state index in [0.717, 1.165) is 5.56 Å². The van der Waals surface area contributed by atoms with Gasteiger partial charge in [-0.25, -0.2) is 9.29 Å². The topological polar surface area (TPSA) is 58.6 Å². The number of rotatable bonds is 7. The molecule has 6 heteroatoms. The van der Waals surface area contributed by atoms with Gasteiger partial charge in [-0.1, -0.05) is 12.1 Å². The van der Waals surface area contributed by atoms with Crippen LogP contribution in [0.3, 0.4) is 0 Å². The lowest BCUT2D eigenvalue weighted by Crippen LogP contribution is -2.39. The number of carbonyl (C=O) groups is 2. The van der Waals surface area contributed by atoms with Gasteiger partial charge in [0.05, 0.1) is 24.8 Å². The van der Waals surface area contributed by atoms with Crippen LogP contribution in [0.25, 0.3) is 0 Å². The van der Waals surface area contributed by atoms with E-state index in [2.05, 4.69) is 5.32 Å². The first-order chi connectivity index (χ1) is 12.6. The number of nitrogens with zero attached hydrogens (tertiary/aromatic N) is 1. The molecule has 0 bridgehead atoms. The molecule has 2 aromatic rings. The summed E-state index contributed by atoms with van der Waals surface area (Å²) in [6.45, 7) is 2.98. The number of nitrogens with one attached hydrogen (secondary N) is 1. The third-order valence-electron chi connectivity index (χ3n) is 4.27. The Balaban J connectivity index is 1.58. The zero-order chi connectivity index (χ0) is 18.5. The number of amides is 2. The largest absolute Gasteiger partial charge is 0.494 e. The predicted molar refractivity (Wildman–Crippen MR) is 96.6 cm³/mol. The minimum absolute atomic E-state index is 0.134. The summed E-state index contributed by atoms with van der Waals surface area (Å²) in [5.41, 5.74) is 1.52. The van der Waals surface area contributed by atoms with Crippen molar-refractivity contribution in [1.82, 2.24) is 5.32 Å². The normalized spacial score (nSPS) is 17.0. The highest BCUT2D eigenvalue weighted by molar-refractivity contribution is 6.22. The average molecular weight is 356 g/mol. The second-order valence-electron chi connectivity index (χ2n) is 6.08. The Morgan fingerprint density at radius 2 is 1.81 bits per heavy atom. The molecule has 2 amide bonds. The van der Waals surface area contributed by atoms with Gasteiger partial charge in [-0.3, -0.25) is 9.59 Å². The quantitative estimate of drug-likeness (QED) is 0.775. The van der Waals surface area contributed by atoms with E-state index < -0.39 is 6.04 Å². The molecule has 3 rings (SSSR count). The van der Waals surface area contributed by atoms with Crippen LogP contribution in [0.4, 0.5) is 10.1 Å². The molecule has 0 spiro atoms. The number of benzene rings is 2. The minimum Gasteiger partial charge on any atom is -0.494 e. The lowest BCUT2D eigenvalue weighted by atomic mass is 10.1. The number of carbonyl (C=O) groups excluding carboxylic acids is 2. The number of hydrogen-bond acceptors (Lipinski definition) is 4. The van der Waals surface area contributed by atoms with E-state index in [1.165, 1.54) is 17.0 Å². The van der Waals surface area contributed by atoms with Gasteiger partial charge in [0, 0.05) is 0 Å². The molecule has 1 fully saturated rings. The van der Waals surface area contributed by atoms with E-state index in [-0.39, 0.29) is 24.1 Å². The summed E-state index contributed by atoms with van der Waals surface area (Å²) >= 11 is 0. The predicted octanol–water partition coefficient (Wildman–Crippen LogP) is 2.69. The molecule has 1 aliphatic rings.